The molecule has 0 bridgehead atoms. The first-order valence-electron chi connectivity index (χ1n) is 22.2. The van der Waals surface area contributed by atoms with Gasteiger partial charge in [-0.15, -0.1) is 0 Å². The summed E-state index contributed by atoms with van der Waals surface area (Å²) in [6.07, 6.45) is 11.5. The molecule has 66 heavy (non-hydrogen) atoms. The first-order chi connectivity index (χ1) is 32.5. The molecule has 11 rings (SSSR count). The van der Waals surface area contributed by atoms with Gasteiger partial charge >= 0.3 is 16.8 Å². The monoisotopic (exact) mass is 904 g/mol. The van der Waals surface area contributed by atoms with Crippen LogP contribution in [-0.2, 0) is 6.42 Å². The van der Waals surface area contributed by atoms with E-state index < -0.39 is 16.8 Å². The third-order valence-electron chi connectivity index (χ3n) is 11.8. The fraction of sp³-hybridized carbons (Fsp3) is 0.105. The van der Waals surface area contributed by atoms with E-state index in [0.29, 0.717) is 51.9 Å². The third kappa shape index (κ3) is 8.17. The molecule has 0 amide bonds. The molecule has 326 valence electrons. The van der Waals surface area contributed by atoms with Gasteiger partial charge < -0.3 is 26.5 Å². The lowest BCUT2D eigenvalue weighted by molar-refractivity contribution is 0.103. The second-order valence-electron chi connectivity index (χ2n) is 15.7. The van der Waals surface area contributed by atoms with Crippen LogP contribution in [0.3, 0.4) is 0 Å². The van der Waals surface area contributed by atoms with Gasteiger partial charge in [0.25, 0.3) is 0 Å². The molecule has 0 saturated carbocycles. The standard InChI is InChI=1S/C55H40O7P2.C2H6/c1-3-4-14-39-19-11-24-47-51(39)54-45-23-10-8-17-38(45)29-32-50(54)62-64(59-47)61-49-26-13-21-42-33-41-20-12-25-48(52(41)55(56)53(42)49)60-63(57-43-30-27-36-15-5-6-18-40(36)34-43)58-46-31-28-37-16-7-9-22-44(37)35(46)2;1-2/h3-18,20-32,34H,19,33H2,1-2H3;1-2H3/b4-3-,39-14+;. The van der Waals surface area contributed by atoms with Crippen LogP contribution in [0.5, 0.6) is 23.0 Å². The average Bonchev–Trinajstić information content (AvgIpc) is 3.51. The molecule has 0 aliphatic heterocycles. The predicted octanol–water partition coefficient (Wildman–Crippen LogP) is 17.0. The molecule has 9 heteroatoms. The van der Waals surface area contributed by atoms with Crippen molar-refractivity contribution in [2.45, 2.75) is 40.5 Å². The van der Waals surface area contributed by atoms with Crippen LogP contribution in [0.25, 0.3) is 54.9 Å². The molecule has 0 fully saturated rings. The summed E-state index contributed by atoms with van der Waals surface area (Å²) in [5.41, 5.74) is 6.18. The quantitative estimate of drug-likeness (QED) is 0.133. The molecule has 2 aliphatic carbocycles. The number of hydrogen-bond donors (Lipinski definition) is 0. The highest BCUT2D eigenvalue weighted by molar-refractivity contribution is 7.43. The second kappa shape index (κ2) is 18.7. The molecule has 1 aromatic heterocycles. The normalized spacial score (nSPS) is 14.1. The zero-order valence-corrected chi connectivity index (χ0v) is 38.8. The maximum absolute atomic E-state index is 15.1. The SMILES string of the molecule is C/C=C\C=C1/CC=Cc2op(Oc3cccc4c3C(=O)c3c(cccc3OP(Oc3ccc5ccccc5c3)Oc3ccc5ccccc5c3C)C4)oc3ccc4ccccc4c3c21.CC. The molecule has 0 N–H and O–H groups in total. The van der Waals surface area contributed by atoms with Crippen molar-refractivity contribution in [3.63, 3.8) is 0 Å². The molecule has 9 aromatic rings. The highest BCUT2D eigenvalue weighted by atomic mass is 31.2. The van der Waals surface area contributed by atoms with Crippen molar-refractivity contribution >= 4 is 77.6 Å². The van der Waals surface area contributed by atoms with Gasteiger partial charge in [0.05, 0.1) is 11.1 Å². The minimum atomic E-state index is -2.14. The first kappa shape index (κ1) is 42.6. The largest absolute Gasteiger partial charge is 0.530 e. The van der Waals surface area contributed by atoms with E-state index in [1.54, 1.807) is 12.1 Å². The fourth-order valence-electron chi connectivity index (χ4n) is 8.72. The lowest BCUT2D eigenvalue weighted by atomic mass is 9.84. The van der Waals surface area contributed by atoms with E-state index >= 15 is 4.79 Å². The van der Waals surface area contributed by atoms with Crippen molar-refractivity contribution in [1.29, 1.82) is 0 Å². The summed E-state index contributed by atoms with van der Waals surface area (Å²) >= 11 is 0. The molecule has 2 atom stereocenters. The van der Waals surface area contributed by atoms with Crippen molar-refractivity contribution in [2.24, 2.45) is 0 Å². The topological polar surface area (TPSA) is 80.3 Å². The van der Waals surface area contributed by atoms with Gasteiger partial charge in [-0.05, 0) is 124 Å². The summed E-state index contributed by atoms with van der Waals surface area (Å²) in [5, 5.41) is 7.36. The van der Waals surface area contributed by atoms with E-state index in [9.17, 15) is 0 Å². The Labute approximate surface area is 385 Å². The third-order valence-corrected chi connectivity index (χ3v) is 13.9. The number of allylic oxidation sites excluding steroid dienone is 5. The lowest BCUT2D eigenvalue weighted by Gasteiger charge is -2.24. The van der Waals surface area contributed by atoms with Crippen LogP contribution in [0.15, 0.2) is 184 Å². The fourth-order valence-corrected chi connectivity index (χ4v) is 10.8. The van der Waals surface area contributed by atoms with E-state index in [1.807, 2.05) is 149 Å². The summed E-state index contributed by atoms with van der Waals surface area (Å²) in [4.78, 5) is 15.1. The Morgan fingerprint density at radius 3 is 2.06 bits per heavy atom. The molecular formula is C57H46O7P2. The van der Waals surface area contributed by atoms with Crippen LogP contribution in [0, 0.1) is 6.92 Å². The Morgan fingerprint density at radius 1 is 0.621 bits per heavy atom. The van der Waals surface area contributed by atoms with Crippen LogP contribution in [0.2, 0.25) is 0 Å². The molecule has 2 aliphatic rings. The molecule has 1 heterocycles. The van der Waals surface area contributed by atoms with Crippen molar-refractivity contribution in [2.75, 3.05) is 0 Å². The minimum Gasteiger partial charge on any atom is -0.408 e. The van der Waals surface area contributed by atoms with Gasteiger partial charge in [0.1, 0.15) is 34.3 Å². The molecule has 0 spiro atoms. The van der Waals surface area contributed by atoms with Crippen molar-refractivity contribution in [3.05, 3.63) is 215 Å². The summed E-state index contributed by atoms with van der Waals surface area (Å²) in [6, 6.07) is 49.8. The summed E-state index contributed by atoms with van der Waals surface area (Å²) in [7, 11) is -4.21. The Bertz CT molecular complexity index is 3470. The smallest absolute Gasteiger partial charge is 0.408 e. The van der Waals surface area contributed by atoms with Gasteiger partial charge in [-0.25, -0.2) is 0 Å². The highest BCUT2D eigenvalue weighted by Crippen LogP contribution is 2.49. The van der Waals surface area contributed by atoms with Crippen molar-refractivity contribution in [3.8, 4) is 23.0 Å². The maximum Gasteiger partial charge on any atom is 0.530 e. The number of benzene rings is 8. The Morgan fingerprint density at radius 2 is 1.27 bits per heavy atom. The van der Waals surface area contributed by atoms with E-state index in [1.165, 1.54) is 0 Å². The summed E-state index contributed by atoms with van der Waals surface area (Å²) in [5.74, 6) is 2.33. The summed E-state index contributed by atoms with van der Waals surface area (Å²) < 4.78 is 40.1. The first-order valence-corrected chi connectivity index (χ1v) is 24.4. The molecule has 0 radical (unpaired) electrons. The van der Waals surface area contributed by atoms with Gasteiger partial charge in [-0.3, -0.25) is 4.79 Å². The lowest BCUT2D eigenvalue weighted by Crippen LogP contribution is -2.17. The Balaban J connectivity index is 0.00000252. The second-order valence-corrected chi connectivity index (χ2v) is 17.7. The predicted molar refractivity (Wildman–Crippen MR) is 271 cm³/mol. The number of hydrogen-bond acceptors (Lipinski definition) is 7. The molecule has 0 saturated heterocycles. The highest BCUT2D eigenvalue weighted by Gasteiger charge is 2.33. The van der Waals surface area contributed by atoms with Gasteiger partial charge in [0.15, 0.2) is 0 Å². The number of fused-ring (bicyclic) bond motifs is 9. The minimum absolute atomic E-state index is 0.241. The van der Waals surface area contributed by atoms with Gasteiger partial charge in [0, 0.05) is 10.9 Å². The molecule has 2 unspecified atom stereocenters. The maximum atomic E-state index is 15.1. The Kier molecular flexibility index (Phi) is 12.1. The number of carbonyl (C=O) groups excluding carboxylic acids is 1. The van der Waals surface area contributed by atoms with E-state index in [0.717, 1.165) is 72.0 Å². The number of rotatable bonds is 9. The number of aryl methyl sites for hydroxylation is 1. The zero-order chi connectivity index (χ0) is 45.1. The van der Waals surface area contributed by atoms with Crippen LogP contribution in [0.1, 0.15) is 71.1 Å². The average molecular weight is 905 g/mol. The van der Waals surface area contributed by atoms with Crippen molar-refractivity contribution in [1.82, 2.24) is 0 Å². The van der Waals surface area contributed by atoms with Gasteiger partial charge in [0.2, 0.25) is 5.78 Å². The van der Waals surface area contributed by atoms with Gasteiger partial charge in [-0.2, -0.15) is 0 Å². The zero-order valence-electron chi connectivity index (χ0n) is 37.0. The number of carbonyl (C=O) groups is 1. The summed E-state index contributed by atoms with van der Waals surface area (Å²) in [6.45, 7) is 8.03. The Hall–Kier alpha value is -7.30. The van der Waals surface area contributed by atoms with E-state index in [-0.39, 0.29) is 5.78 Å². The molecule has 8 aromatic carbocycles. The molecular weight excluding hydrogens is 859 g/mol. The number of ketones is 1. The van der Waals surface area contributed by atoms with Crippen LogP contribution >= 0.6 is 16.8 Å². The van der Waals surface area contributed by atoms with Gasteiger partial charge in [-0.1, -0.05) is 153 Å². The van der Waals surface area contributed by atoms with Crippen molar-refractivity contribution < 1.29 is 31.3 Å². The van der Waals surface area contributed by atoms with E-state index in [4.69, 9.17) is 26.5 Å². The van der Waals surface area contributed by atoms with Crippen LogP contribution in [0.4, 0.5) is 0 Å². The van der Waals surface area contributed by atoms with Crippen LogP contribution in [-0.4, -0.2) is 5.78 Å². The van der Waals surface area contributed by atoms with Crippen LogP contribution < -0.4 is 18.1 Å². The molecule has 7 nitrogen and oxygen atoms in total. The van der Waals surface area contributed by atoms with E-state index in [2.05, 4.69) is 48.6 Å².